The van der Waals surface area contributed by atoms with Crippen molar-refractivity contribution >= 4 is 55.0 Å². The first-order valence-electron chi connectivity index (χ1n) is 27.8. The van der Waals surface area contributed by atoms with Crippen LogP contribution in [0.4, 0.5) is 0 Å². The number of unbranched alkanes of at least 4 members (excludes halogenated alkanes) is 22. The Bertz CT molecular complexity index is 2300. The fourth-order valence-corrected chi connectivity index (χ4v) is 10.4. The quantitative estimate of drug-likeness (QED) is 0.0179. The molecule has 0 aliphatic rings. The molecular weight excluding hydrogens is 833 g/mol. The summed E-state index contributed by atoms with van der Waals surface area (Å²) in [5, 5.41) is 8.11. The minimum Gasteiger partial charge on any atom is -0.425 e. The molecule has 0 atom stereocenters. The molecule has 0 fully saturated rings. The molecule has 0 saturated heterocycles. The normalized spacial score (nSPS) is 11.6. The molecule has 0 amide bonds. The maximum Gasteiger partial charge on any atom is 0.311 e. The van der Waals surface area contributed by atoms with E-state index in [2.05, 4.69) is 113 Å². The van der Waals surface area contributed by atoms with Crippen LogP contribution in [0.25, 0.3) is 54.2 Å². The monoisotopic (exact) mass is 919 g/mol. The summed E-state index contributed by atoms with van der Waals surface area (Å²) >= 11 is 0. The van der Waals surface area contributed by atoms with Gasteiger partial charge in [0.1, 0.15) is 11.5 Å². The van der Waals surface area contributed by atoms with Gasteiger partial charge in [0.2, 0.25) is 0 Å². The summed E-state index contributed by atoms with van der Waals surface area (Å²) in [5.74, 6) is 0.996. The lowest BCUT2D eigenvalue weighted by molar-refractivity contribution is -0.135. The van der Waals surface area contributed by atoms with Gasteiger partial charge in [0.25, 0.3) is 0 Å². The third-order valence-corrected chi connectivity index (χ3v) is 14.4. The number of fused-ring (bicyclic) bond motifs is 4. The number of ether oxygens (including phenoxy) is 2. The van der Waals surface area contributed by atoms with Crippen molar-refractivity contribution in [2.75, 3.05) is 0 Å². The largest absolute Gasteiger partial charge is 0.425 e. The van der Waals surface area contributed by atoms with Gasteiger partial charge < -0.3 is 9.47 Å². The lowest BCUT2D eigenvalue weighted by atomic mass is 9.84. The van der Waals surface area contributed by atoms with Crippen LogP contribution in [0.5, 0.6) is 11.5 Å². The Morgan fingerprint density at radius 1 is 0.324 bits per heavy atom. The first-order valence-corrected chi connectivity index (χ1v) is 27.8. The van der Waals surface area contributed by atoms with Gasteiger partial charge in [-0.3, -0.25) is 9.59 Å². The highest BCUT2D eigenvalue weighted by molar-refractivity contribution is 6.27. The van der Waals surface area contributed by atoms with Gasteiger partial charge in [0.15, 0.2) is 0 Å². The smallest absolute Gasteiger partial charge is 0.311 e. The Balaban J connectivity index is 1.43. The number of benzene rings is 6. The van der Waals surface area contributed by atoms with Crippen molar-refractivity contribution < 1.29 is 19.1 Å². The van der Waals surface area contributed by atoms with Crippen molar-refractivity contribution in [2.24, 2.45) is 0 Å². The van der Waals surface area contributed by atoms with Crippen LogP contribution in [0, 0.1) is 0 Å². The van der Waals surface area contributed by atoms with Crippen molar-refractivity contribution in [2.45, 2.75) is 220 Å². The fourth-order valence-electron chi connectivity index (χ4n) is 10.4. The SMILES string of the molecule is CCCCCCCCCCCC(=O)Oc1c2ccccc2c(-c2c3ccccc3c(OC(=O)CCCCCCCCCCC)c3ccc(CCCCCC)cc23)c2cc(CCCCCC)ccc12. The number of aryl methyl sites for hydroxylation is 2. The highest BCUT2D eigenvalue weighted by atomic mass is 16.5. The molecule has 68 heavy (non-hydrogen) atoms. The van der Waals surface area contributed by atoms with Crippen LogP contribution < -0.4 is 9.47 Å². The molecule has 4 nitrogen and oxygen atoms in total. The second-order valence-corrected chi connectivity index (χ2v) is 20.0. The van der Waals surface area contributed by atoms with E-state index in [-0.39, 0.29) is 11.9 Å². The standard InChI is InChI=1S/C64H86O4/c1-5-9-13-17-19-21-23-25-29-41-59(65)67-63-53-39-33-31-37-51(53)61(57-47-49(43-45-55(57)63)35-27-15-11-7-3)62-52-38-32-34-40-54(52)64(56-46-44-50(48-58(56)62)36-28-16-12-8-4)68-60(66)42-30-26-24-22-20-18-14-10-6-2/h31-34,37-40,43-48H,5-30,35-36,41-42H2,1-4H3. The first-order chi connectivity index (χ1) is 33.5. The summed E-state index contributed by atoms with van der Waals surface area (Å²) in [5.41, 5.74) is 4.87. The van der Waals surface area contributed by atoms with Gasteiger partial charge in [-0.25, -0.2) is 0 Å². The lowest BCUT2D eigenvalue weighted by Gasteiger charge is -2.22. The minimum atomic E-state index is -0.159. The van der Waals surface area contributed by atoms with Crippen LogP contribution >= 0.6 is 0 Å². The summed E-state index contributed by atoms with van der Waals surface area (Å²) in [4.78, 5) is 27.7. The first kappa shape index (κ1) is 52.7. The van der Waals surface area contributed by atoms with Gasteiger partial charge >= 0.3 is 11.9 Å². The van der Waals surface area contributed by atoms with Gasteiger partial charge in [0, 0.05) is 34.4 Å². The number of carbonyl (C=O) groups is 2. The third-order valence-electron chi connectivity index (χ3n) is 14.4. The summed E-state index contributed by atoms with van der Waals surface area (Å²) in [6.45, 7) is 9.06. The van der Waals surface area contributed by atoms with Crippen LogP contribution in [-0.4, -0.2) is 11.9 Å². The van der Waals surface area contributed by atoms with Crippen molar-refractivity contribution in [1.82, 2.24) is 0 Å². The van der Waals surface area contributed by atoms with E-state index in [1.165, 1.54) is 140 Å². The van der Waals surface area contributed by atoms with Crippen molar-refractivity contribution in [3.05, 3.63) is 96.1 Å². The molecule has 0 aliphatic heterocycles. The molecule has 0 saturated carbocycles. The Labute approximate surface area is 411 Å². The summed E-state index contributed by atoms with van der Waals surface area (Å²) < 4.78 is 13.1. The molecule has 4 heteroatoms. The van der Waals surface area contributed by atoms with Gasteiger partial charge in [0.05, 0.1) is 0 Å². The molecule has 366 valence electrons. The molecule has 0 aromatic heterocycles. The van der Waals surface area contributed by atoms with Crippen LogP contribution in [0.3, 0.4) is 0 Å². The van der Waals surface area contributed by atoms with Gasteiger partial charge in [-0.1, -0.05) is 254 Å². The fraction of sp³-hybridized carbons (Fsp3) is 0.531. The molecule has 0 unspecified atom stereocenters. The second-order valence-electron chi connectivity index (χ2n) is 20.0. The Kier molecular flexibility index (Phi) is 22.7. The van der Waals surface area contributed by atoms with Crippen LogP contribution in [0.15, 0.2) is 84.9 Å². The molecule has 6 aromatic carbocycles. The molecule has 6 aromatic rings. The zero-order valence-electron chi connectivity index (χ0n) is 42.9. The van der Waals surface area contributed by atoms with E-state index in [9.17, 15) is 9.59 Å². The van der Waals surface area contributed by atoms with E-state index in [4.69, 9.17) is 9.47 Å². The Morgan fingerprint density at radius 3 is 0.971 bits per heavy atom. The lowest BCUT2D eigenvalue weighted by Crippen LogP contribution is -2.09. The van der Waals surface area contributed by atoms with E-state index in [0.29, 0.717) is 24.3 Å². The van der Waals surface area contributed by atoms with Crippen molar-refractivity contribution in [1.29, 1.82) is 0 Å². The Morgan fingerprint density at radius 2 is 0.618 bits per heavy atom. The van der Waals surface area contributed by atoms with E-state index < -0.39 is 0 Å². The number of rotatable bonds is 33. The number of hydrogen-bond acceptors (Lipinski definition) is 4. The molecule has 0 bridgehead atoms. The zero-order chi connectivity index (χ0) is 47.8. The van der Waals surface area contributed by atoms with Gasteiger partial charge in [-0.15, -0.1) is 0 Å². The Hall–Kier alpha value is -4.70. The predicted octanol–water partition coefficient (Wildman–Crippen LogP) is 19.9. The van der Waals surface area contributed by atoms with Gasteiger partial charge in [-0.05, 0) is 82.3 Å². The summed E-state index contributed by atoms with van der Waals surface area (Å²) in [6.07, 6.45) is 34.0. The molecule has 0 aliphatic carbocycles. The summed E-state index contributed by atoms with van der Waals surface area (Å²) in [6, 6.07) is 30.8. The van der Waals surface area contributed by atoms with Crippen LogP contribution in [0.2, 0.25) is 0 Å². The highest BCUT2D eigenvalue weighted by Crippen LogP contribution is 2.50. The second kappa shape index (κ2) is 29.4. The molecule has 0 N–H and O–H groups in total. The van der Waals surface area contributed by atoms with Gasteiger partial charge in [-0.2, -0.15) is 0 Å². The van der Waals surface area contributed by atoms with Crippen molar-refractivity contribution in [3.63, 3.8) is 0 Å². The highest BCUT2D eigenvalue weighted by Gasteiger charge is 2.25. The minimum absolute atomic E-state index is 0.159. The molecular formula is C64H86O4. The van der Waals surface area contributed by atoms with E-state index in [1.54, 1.807) is 0 Å². The molecule has 0 spiro atoms. The van der Waals surface area contributed by atoms with E-state index in [0.717, 1.165) is 106 Å². The molecule has 6 rings (SSSR count). The van der Waals surface area contributed by atoms with E-state index in [1.807, 2.05) is 0 Å². The topological polar surface area (TPSA) is 52.6 Å². The molecule has 0 heterocycles. The number of carbonyl (C=O) groups excluding carboxylic acids is 2. The molecule has 0 radical (unpaired) electrons. The maximum atomic E-state index is 13.9. The maximum absolute atomic E-state index is 13.9. The predicted molar refractivity (Wildman–Crippen MR) is 293 cm³/mol. The van der Waals surface area contributed by atoms with Crippen LogP contribution in [-0.2, 0) is 22.4 Å². The average molecular weight is 919 g/mol. The number of esters is 2. The summed E-state index contributed by atoms with van der Waals surface area (Å²) in [7, 11) is 0. The number of hydrogen-bond donors (Lipinski definition) is 0. The van der Waals surface area contributed by atoms with E-state index >= 15 is 0 Å². The van der Waals surface area contributed by atoms with Crippen molar-refractivity contribution in [3.8, 4) is 22.6 Å². The zero-order valence-corrected chi connectivity index (χ0v) is 42.9. The average Bonchev–Trinajstić information content (AvgIpc) is 3.36. The third kappa shape index (κ3) is 15.1. The van der Waals surface area contributed by atoms with Crippen LogP contribution in [0.1, 0.15) is 219 Å².